The van der Waals surface area contributed by atoms with E-state index in [1.165, 1.54) is 6.92 Å². The van der Waals surface area contributed by atoms with Gasteiger partial charge in [0.1, 0.15) is 36.3 Å². The number of rotatable bonds is 24. The Morgan fingerprint density at radius 1 is 0.712 bits per heavy atom. The molecule has 0 radical (unpaired) electrons. The fourth-order valence-electron chi connectivity index (χ4n) is 4.41. The number of nitrogens with one attached hydrogen (secondary N) is 6. The van der Waals surface area contributed by atoms with Crippen LogP contribution in [0, 0.1) is 11.8 Å². The molecule has 0 aliphatic heterocycles. The van der Waals surface area contributed by atoms with Gasteiger partial charge in [0.15, 0.2) is 5.96 Å². The summed E-state index contributed by atoms with van der Waals surface area (Å²) >= 11 is 0. The summed E-state index contributed by atoms with van der Waals surface area (Å²) in [7, 11) is 0. The quantitative estimate of drug-likeness (QED) is 0.0249. The van der Waals surface area contributed by atoms with E-state index >= 15 is 0 Å². The zero-order valence-electron chi connectivity index (χ0n) is 30.0. The lowest BCUT2D eigenvalue weighted by Gasteiger charge is -2.28. The van der Waals surface area contributed by atoms with E-state index in [4.69, 9.17) is 22.9 Å². The zero-order chi connectivity index (χ0) is 40.3. The molecule has 0 saturated heterocycles. The number of aliphatic carboxylic acids is 1. The molecule has 0 aliphatic rings. The van der Waals surface area contributed by atoms with Crippen LogP contribution in [0.4, 0.5) is 0 Å². The van der Waals surface area contributed by atoms with Gasteiger partial charge in [-0.3, -0.25) is 38.6 Å². The molecule has 0 heterocycles. The van der Waals surface area contributed by atoms with Gasteiger partial charge in [0, 0.05) is 6.54 Å². The maximum atomic E-state index is 13.5. The third-order valence-electron chi connectivity index (χ3n) is 7.27. The van der Waals surface area contributed by atoms with Gasteiger partial charge < -0.3 is 70.2 Å². The topological polar surface area (TPSA) is 386 Å². The molecule has 52 heavy (non-hydrogen) atoms. The molecule has 296 valence electrons. The number of nitrogens with zero attached hydrogens (tertiary/aromatic N) is 1. The molecule has 0 aromatic heterocycles. The number of aliphatic hydroxyl groups excluding tert-OH is 2. The first-order valence-corrected chi connectivity index (χ1v) is 16.5. The first-order valence-electron chi connectivity index (χ1n) is 16.5. The summed E-state index contributed by atoms with van der Waals surface area (Å²) in [6.07, 6.45) is -1.73. The normalized spacial score (nSPS) is 15.0. The van der Waals surface area contributed by atoms with Gasteiger partial charge in [0.2, 0.25) is 41.4 Å². The summed E-state index contributed by atoms with van der Waals surface area (Å²) in [6.45, 7) is 6.37. The van der Waals surface area contributed by atoms with E-state index in [0.717, 1.165) is 0 Å². The van der Waals surface area contributed by atoms with Crippen molar-refractivity contribution in [3.63, 3.8) is 0 Å². The molecule has 0 spiro atoms. The summed E-state index contributed by atoms with van der Waals surface area (Å²) < 4.78 is 0. The summed E-state index contributed by atoms with van der Waals surface area (Å²) in [4.78, 5) is 104. The van der Waals surface area contributed by atoms with E-state index in [0.29, 0.717) is 0 Å². The van der Waals surface area contributed by atoms with Gasteiger partial charge >= 0.3 is 5.97 Å². The van der Waals surface area contributed by atoms with Crippen molar-refractivity contribution in [3.8, 4) is 0 Å². The lowest BCUT2D eigenvalue weighted by atomic mass is 9.99. The average Bonchev–Trinajstić information content (AvgIpc) is 3.03. The lowest BCUT2D eigenvalue weighted by Crippen LogP contribution is -2.60. The van der Waals surface area contributed by atoms with E-state index in [1.807, 2.05) is 0 Å². The predicted molar refractivity (Wildman–Crippen MR) is 185 cm³/mol. The van der Waals surface area contributed by atoms with Crippen molar-refractivity contribution in [1.29, 1.82) is 0 Å². The Labute approximate surface area is 301 Å². The fraction of sp³-hybridized carbons (Fsp3) is 0.700. The van der Waals surface area contributed by atoms with Crippen LogP contribution in [0.15, 0.2) is 4.99 Å². The van der Waals surface area contributed by atoms with Crippen molar-refractivity contribution in [2.75, 3.05) is 19.7 Å². The maximum Gasteiger partial charge on any atom is 0.326 e. The number of carbonyl (C=O) groups excluding carboxylic acids is 7. The van der Waals surface area contributed by atoms with Crippen LogP contribution in [-0.2, 0) is 38.4 Å². The number of nitrogens with two attached hydrogens (primary N) is 4. The maximum absolute atomic E-state index is 13.5. The summed E-state index contributed by atoms with van der Waals surface area (Å²) in [6, 6.07) is -8.44. The number of hydrogen-bond donors (Lipinski definition) is 13. The Morgan fingerprint density at radius 3 is 1.75 bits per heavy atom. The molecule has 0 saturated carbocycles. The van der Waals surface area contributed by atoms with Gasteiger partial charge in [-0.2, -0.15) is 0 Å². The molecule has 0 fully saturated rings. The van der Waals surface area contributed by atoms with Crippen LogP contribution in [-0.4, -0.2) is 131 Å². The van der Waals surface area contributed by atoms with Crippen LogP contribution in [0.5, 0.6) is 0 Å². The number of carbonyl (C=O) groups is 8. The Hall–Kier alpha value is -5.09. The smallest absolute Gasteiger partial charge is 0.326 e. The third-order valence-corrected chi connectivity index (χ3v) is 7.27. The van der Waals surface area contributed by atoms with Gasteiger partial charge in [-0.1, -0.05) is 27.7 Å². The van der Waals surface area contributed by atoms with E-state index in [1.54, 1.807) is 27.7 Å². The van der Waals surface area contributed by atoms with Crippen LogP contribution in [0.1, 0.15) is 60.3 Å². The molecule has 0 aromatic rings. The van der Waals surface area contributed by atoms with E-state index < -0.39 is 115 Å². The second kappa shape index (κ2) is 23.4. The summed E-state index contributed by atoms with van der Waals surface area (Å²) in [5.74, 6) is -8.83. The van der Waals surface area contributed by atoms with Crippen molar-refractivity contribution >= 4 is 53.3 Å². The summed E-state index contributed by atoms with van der Waals surface area (Å²) in [5.41, 5.74) is 21.3. The highest BCUT2D eigenvalue weighted by Gasteiger charge is 2.33. The van der Waals surface area contributed by atoms with Crippen LogP contribution < -0.4 is 54.8 Å². The monoisotopic (exact) mass is 745 g/mol. The second-order valence-electron chi connectivity index (χ2n) is 12.8. The number of guanidine groups is 1. The molecular weight excluding hydrogens is 690 g/mol. The third kappa shape index (κ3) is 18.2. The Morgan fingerprint density at radius 2 is 1.27 bits per heavy atom. The minimum Gasteiger partial charge on any atom is -0.480 e. The van der Waals surface area contributed by atoms with Gasteiger partial charge in [0.25, 0.3) is 0 Å². The largest absolute Gasteiger partial charge is 0.480 e. The predicted octanol–water partition coefficient (Wildman–Crippen LogP) is -6.06. The first-order chi connectivity index (χ1) is 24.1. The highest BCUT2D eigenvalue weighted by atomic mass is 16.4. The molecule has 22 nitrogen and oxygen atoms in total. The zero-order valence-corrected chi connectivity index (χ0v) is 30.0. The van der Waals surface area contributed by atoms with Gasteiger partial charge in [-0.25, -0.2) is 4.79 Å². The van der Waals surface area contributed by atoms with Gasteiger partial charge in [-0.15, -0.1) is 0 Å². The van der Waals surface area contributed by atoms with Gasteiger partial charge in [0.05, 0.1) is 25.7 Å². The van der Waals surface area contributed by atoms with E-state index in [9.17, 15) is 53.7 Å². The average molecular weight is 746 g/mol. The highest BCUT2D eigenvalue weighted by Crippen LogP contribution is 2.10. The Kier molecular flexibility index (Phi) is 21.1. The van der Waals surface area contributed by atoms with E-state index in [-0.39, 0.29) is 37.7 Å². The number of aliphatic imine (C=N–C) groups is 1. The number of hydrogen-bond acceptors (Lipinski definition) is 12. The number of carboxylic acids is 1. The molecule has 22 heteroatoms. The van der Waals surface area contributed by atoms with E-state index in [2.05, 4.69) is 36.9 Å². The second-order valence-corrected chi connectivity index (χ2v) is 12.8. The minimum atomic E-state index is -1.62. The van der Waals surface area contributed by atoms with Crippen molar-refractivity contribution < 1.29 is 53.7 Å². The van der Waals surface area contributed by atoms with Crippen LogP contribution in [0.2, 0.25) is 0 Å². The Balaban J connectivity index is 5.75. The molecule has 0 bridgehead atoms. The van der Waals surface area contributed by atoms with Crippen molar-refractivity contribution in [3.05, 3.63) is 0 Å². The van der Waals surface area contributed by atoms with Crippen LogP contribution >= 0.6 is 0 Å². The van der Waals surface area contributed by atoms with Crippen molar-refractivity contribution in [2.24, 2.45) is 39.8 Å². The number of aliphatic hydroxyl groups is 2. The van der Waals surface area contributed by atoms with Crippen LogP contribution in [0.3, 0.4) is 0 Å². The minimum absolute atomic E-state index is 0.0173. The number of amides is 7. The van der Waals surface area contributed by atoms with Crippen molar-refractivity contribution in [2.45, 2.75) is 103 Å². The molecule has 0 aromatic carbocycles. The fourth-order valence-corrected chi connectivity index (χ4v) is 4.41. The molecule has 0 rings (SSSR count). The molecule has 7 amide bonds. The SMILES string of the molecule is CC(C)C[C@H](NC(=O)[C@H](CC(N)=O)NC(=O)CNC(=O)[C@H](CO)NC(=O)[C@@H](N)[C@@H](C)O)C(=O)N[C@H](C(=O)N[C@@H](CCCN=C(N)N)C(=O)O)C(C)C. The van der Waals surface area contributed by atoms with Crippen molar-refractivity contribution in [1.82, 2.24) is 31.9 Å². The standard InChI is InChI=1S/C30H55N11O11/c1-13(2)9-17(26(48)41-23(14(3)4)28(50)38-16(29(51)52)7-6-8-35-30(33)34)39-25(47)18(10-20(31)44)37-21(45)11-36-24(46)19(12-42)40-27(49)22(32)15(5)43/h13-19,22-23,42-43H,6-12,32H2,1-5H3,(H2,31,44)(H,36,46)(H,37,45)(H,38,50)(H,39,47)(H,40,49)(H,41,48)(H,51,52)(H4,33,34,35)/t15-,16+,17+,18+,19+,22+,23+/m1/s1. The molecule has 17 N–H and O–H groups in total. The number of carboxylic acid groups (broad SMARTS) is 1. The van der Waals surface area contributed by atoms with Gasteiger partial charge in [-0.05, 0) is 38.0 Å². The molecule has 7 atom stereocenters. The number of primary amides is 1. The molecule has 0 unspecified atom stereocenters. The lowest BCUT2D eigenvalue weighted by molar-refractivity contribution is -0.142. The molecular formula is C30H55N11O11. The molecule has 0 aliphatic carbocycles. The summed E-state index contributed by atoms with van der Waals surface area (Å²) in [5, 5.41) is 42.4. The Bertz CT molecular complexity index is 1290. The highest BCUT2D eigenvalue weighted by molar-refractivity contribution is 5.97. The first kappa shape index (κ1) is 46.9. The van der Waals surface area contributed by atoms with Crippen LogP contribution in [0.25, 0.3) is 0 Å².